The Balaban J connectivity index is 1.94. The standard InChI is InChI=1S/C20H19N3O3/c1-11-9-16(13(3)26-11)18-12(2)23-8-7-14-5-6-15(21-20(24)25-4)10-17(14)19(23)22-18/h5-10H,1-4H3,(H,21,24). The molecule has 1 amide bonds. The number of hydrogen-bond donors (Lipinski definition) is 1. The Labute approximate surface area is 150 Å². The first-order valence-corrected chi connectivity index (χ1v) is 8.31. The molecule has 1 aromatic carbocycles. The highest BCUT2D eigenvalue weighted by Crippen LogP contribution is 2.32. The molecule has 0 bridgehead atoms. The average molecular weight is 349 g/mol. The lowest BCUT2D eigenvalue weighted by molar-refractivity contribution is 0.187. The summed E-state index contributed by atoms with van der Waals surface area (Å²) in [7, 11) is 1.34. The molecule has 26 heavy (non-hydrogen) atoms. The number of nitrogens with one attached hydrogen (secondary N) is 1. The van der Waals surface area contributed by atoms with Crippen LogP contribution in [0.2, 0.25) is 0 Å². The van der Waals surface area contributed by atoms with E-state index in [4.69, 9.17) is 9.40 Å². The van der Waals surface area contributed by atoms with Gasteiger partial charge in [-0.15, -0.1) is 0 Å². The molecular weight excluding hydrogens is 330 g/mol. The lowest BCUT2D eigenvalue weighted by Gasteiger charge is -2.06. The molecule has 0 saturated carbocycles. The summed E-state index contributed by atoms with van der Waals surface area (Å²) in [5.41, 5.74) is 4.44. The Bertz CT molecular complexity index is 1150. The van der Waals surface area contributed by atoms with Crippen molar-refractivity contribution in [1.82, 2.24) is 9.38 Å². The van der Waals surface area contributed by atoms with Crippen LogP contribution >= 0.6 is 0 Å². The van der Waals surface area contributed by atoms with Crippen LogP contribution in [0.3, 0.4) is 0 Å². The minimum absolute atomic E-state index is 0.499. The molecule has 132 valence electrons. The zero-order valence-corrected chi connectivity index (χ0v) is 15.1. The predicted molar refractivity (Wildman–Crippen MR) is 101 cm³/mol. The van der Waals surface area contributed by atoms with Crippen LogP contribution in [0.1, 0.15) is 17.2 Å². The summed E-state index contributed by atoms with van der Waals surface area (Å²) in [5, 5.41) is 4.70. The van der Waals surface area contributed by atoms with Gasteiger partial charge in [-0.25, -0.2) is 9.78 Å². The van der Waals surface area contributed by atoms with Crippen LogP contribution in [0.25, 0.3) is 27.7 Å². The number of ether oxygens (including phenoxy) is 1. The summed E-state index contributed by atoms with van der Waals surface area (Å²) in [5.74, 6) is 1.72. The Kier molecular flexibility index (Phi) is 3.68. The highest BCUT2D eigenvalue weighted by Gasteiger charge is 2.17. The number of methoxy groups -OCH3 is 1. The minimum atomic E-state index is -0.499. The fraction of sp³-hybridized carbons (Fsp3) is 0.200. The fourth-order valence-corrected chi connectivity index (χ4v) is 3.30. The van der Waals surface area contributed by atoms with Crippen molar-refractivity contribution >= 4 is 28.2 Å². The van der Waals surface area contributed by atoms with E-state index in [0.717, 1.165) is 44.9 Å². The third-order valence-electron chi connectivity index (χ3n) is 4.58. The van der Waals surface area contributed by atoms with Gasteiger partial charge in [0.15, 0.2) is 0 Å². The summed E-state index contributed by atoms with van der Waals surface area (Å²) < 4.78 is 12.4. The SMILES string of the molecule is COC(=O)Nc1ccc2ccn3c(C)c(-c4cc(C)oc4C)nc3c2c1. The van der Waals surface area contributed by atoms with E-state index in [-0.39, 0.29) is 0 Å². The van der Waals surface area contributed by atoms with E-state index in [1.807, 2.05) is 57.3 Å². The number of pyridine rings is 1. The van der Waals surface area contributed by atoms with Crippen LogP contribution in [0.5, 0.6) is 0 Å². The fourth-order valence-electron chi connectivity index (χ4n) is 3.30. The maximum Gasteiger partial charge on any atom is 0.411 e. The average Bonchev–Trinajstić information content (AvgIpc) is 3.13. The van der Waals surface area contributed by atoms with E-state index in [9.17, 15) is 4.79 Å². The van der Waals surface area contributed by atoms with Crippen molar-refractivity contribution in [3.8, 4) is 11.3 Å². The number of carbonyl (C=O) groups excluding carboxylic acids is 1. The van der Waals surface area contributed by atoms with Gasteiger partial charge in [-0.05, 0) is 50.4 Å². The van der Waals surface area contributed by atoms with Crippen LogP contribution in [0, 0.1) is 20.8 Å². The van der Waals surface area contributed by atoms with E-state index >= 15 is 0 Å². The first kappa shape index (κ1) is 16.2. The summed E-state index contributed by atoms with van der Waals surface area (Å²) in [4.78, 5) is 16.4. The van der Waals surface area contributed by atoms with Crippen LogP contribution in [0.15, 0.2) is 40.9 Å². The normalized spacial score (nSPS) is 11.2. The molecule has 0 aliphatic carbocycles. The van der Waals surface area contributed by atoms with Crippen molar-refractivity contribution in [2.24, 2.45) is 0 Å². The number of carbonyl (C=O) groups is 1. The summed E-state index contributed by atoms with van der Waals surface area (Å²) in [6.45, 7) is 5.92. The lowest BCUT2D eigenvalue weighted by atomic mass is 10.1. The molecular formula is C20H19N3O3. The van der Waals surface area contributed by atoms with E-state index in [0.29, 0.717) is 5.69 Å². The minimum Gasteiger partial charge on any atom is -0.466 e. The van der Waals surface area contributed by atoms with Crippen molar-refractivity contribution in [2.75, 3.05) is 12.4 Å². The molecule has 4 aromatic rings. The molecule has 3 aromatic heterocycles. The first-order chi connectivity index (χ1) is 12.5. The quantitative estimate of drug-likeness (QED) is 0.561. The predicted octanol–water partition coefficient (Wildman–Crippen LogP) is 4.85. The molecule has 0 atom stereocenters. The second-order valence-electron chi connectivity index (χ2n) is 6.30. The van der Waals surface area contributed by atoms with Crippen LogP contribution < -0.4 is 5.32 Å². The number of aromatic nitrogens is 2. The summed E-state index contributed by atoms with van der Waals surface area (Å²) in [6.07, 6.45) is 1.51. The zero-order chi connectivity index (χ0) is 18.4. The number of nitrogens with zero attached hydrogens (tertiary/aromatic N) is 2. The van der Waals surface area contributed by atoms with Gasteiger partial charge < -0.3 is 13.6 Å². The molecule has 1 N–H and O–H groups in total. The van der Waals surface area contributed by atoms with Gasteiger partial charge in [-0.1, -0.05) is 6.07 Å². The first-order valence-electron chi connectivity index (χ1n) is 8.31. The molecule has 0 saturated heterocycles. The van der Waals surface area contributed by atoms with Crippen molar-refractivity contribution in [3.63, 3.8) is 0 Å². The Morgan fingerprint density at radius 3 is 2.69 bits per heavy atom. The number of benzene rings is 1. The maximum absolute atomic E-state index is 11.5. The number of anilines is 1. The second-order valence-corrected chi connectivity index (χ2v) is 6.30. The number of furan rings is 1. The smallest absolute Gasteiger partial charge is 0.411 e. The highest BCUT2D eigenvalue weighted by atomic mass is 16.5. The Hall–Kier alpha value is -3.28. The molecule has 6 heteroatoms. The molecule has 4 rings (SSSR count). The van der Waals surface area contributed by atoms with Crippen molar-refractivity contribution in [2.45, 2.75) is 20.8 Å². The van der Waals surface area contributed by atoms with Gasteiger partial charge in [0.05, 0.1) is 12.8 Å². The molecule has 6 nitrogen and oxygen atoms in total. The summed E-state index contributed by atoms with van der Waals surface area (Å²) in [6, 6.07) is 9.76. The Morgan fingerprint density at radius 1 is 1.19 bits per heavy atom. The van der Waals surface area contributed by atoms with Gasteiger partial charge in [-0.3, -0.25) is 5.32 Å². The van der Waals surface area contributed by atoms with Crippen molar-refractivity contribution in [1.29, 1.82) is 0 Å². The van der Waals surface area contributed by atoms with Crippen LogP contribution in [-0.2, 0) is 4.74 Å². The third kappa shape index (κ3) is 2.50. The number of rotatable bonds is 2. The molecule has 0 radical (unpaired) electrons. The van der Waals surface area contributed by atoms with Gasteiger partial charge in [0.2, 0.25) is 0 Å². The largest absolute Gasteiger partial charge is 0.466 e. The van der Waals surface area contributed by atoms with Crippen molar-refractivity contribution < 1.29 is 13.9 Å². The molecule has 3 heterocycles. The van der Waals surface area contributed by atoms with E-state index in [1.54, 1.807) is 0 Å². The molecule has 0 aliphatic rings. The van der Waals surface area contributed by atoms with Crippen molar-refractivity contribution in [3.05, 3.63) is 53.7 Å². The molecule has 0 spiro atoms. The van der Waals surface area contributed by atoms with Gasteiger partial charge in [0.1, 0.15) is 17.2 Å². The lowest BCUT2D eigenvalue weighted by Crippen LogP contribution is -2.10. The number of aryl methyl sites for hydroxylation is 3. The van der Waals surface area contributed by atoms with E-state index in [1.165, 1.54) is 7.11 Å². The van der Waals surface area contributed by atoms with Crippen LogP contribution in [-0.4, -0.2) is 22.6 Å². The second kappa shape index (κ2) is 5.91. The number of amides is 1. The topological polar surface area (TPSA) is 68.8 Å². The molecule has 0 unspecified atom stereocenters. The number of imidazole rings is 1. The molecule has 0 fully saturated rings. The monoisotopic (exact) mass is 349 g/mol. The number of fused-ring (bicyclic) bond motifs is 3. The third-order valence-corrected chi connectivity index (χ3v) is 4.58. The van der Waals surface area contributed by atoms with Gasteiger partial charge in [-0.2, -0.15) is 0 Å². The van der Waals surface area contributed by atoms with Gasteiger partial charge in [0.25, 0.3) is 0 Å². The zero-order valence-electron chi connectivity index (χ0n) is 15.1. The Morgan fingerprint density at radius 2 is 2.00 bits per heavy atom. The van der Waals surface area contributed by atoms with E-state index in [2.05, 4.69) is 14.5 Å². The van der Waals surface area contributed by atoms with E-state index < -0.39 is 6.09 Å². The highest BCUT2D eigenvalue weighted by molar-refractivity contribution is 5.99. The van der Waals surface area contributed by atoms with Gasteiger partial charge >= 0.3 is 6.09 Å². The number of hydrogen-bond acceptors (Lipinski definition) is 4. The summed E-state index contributed by atoms with van der Waals surface area (Å²) >= 11 is 0. The van der Waals surface area contributed by atoms with Crippen LogP contribution in [0.4, 0.5) is 10.5 Å². The molecule has 0 aliphatic heterocycles. The maximum atomic E-state index is 11.5. The van der Waals surface area contributed by atoms with Gasteiger partial charge in [0, 0.05) is 28.5 Å².